The molecule has 5 nitrogen and oxygen atoms in total. The van der Waals surface area contributed by atoms with Crippen molar-refractivity contribution in [2.24, 2.45) is 0 Å². The van der Waals surface area contributed by atoms with Crippen LogP contribution in [0.25, 0.3) is 0 Å². The van der Waals surface area contributed by atoms with Gasteiger partial charge in [-0.3, -0.25) is 9.59 Å². The Morgan fingerprint density at radius 3 is 2.38 bits per heavy atom. The number of carbonyl (C=O) groups excluding carboxylic acids is 2. The molecule has 0 aromatic heterocycles. The largest absolute Gasteiger partial charge is 0.478 e. The number of rotatable bonds is 6. The fourth-order valence-corrected chi connectivity index (χ4v) is 2.12. The van der Waals surface area contributed by atoms with E-state index in [-0.39, 0.29) is 17.6 Å². The summed E-state index contributed by atoms with van der Waals surface area (Å²) >= 11 is 0. The van der Waals surface area contributed by atoms with Crippen molar-refractivity contribution < 1.29 is 18.7 Å². The van der Waals surface area contributed by atoms with Crippen molar-refractivity contribution in [3.63, 3.8) is 0 Å². The van der Waals surface area contributed by atoms with Gasteiger partial charge in [0.05, 0.1) is 0 Å². The predicted molar refractivity (Wildman–Crippen MR) is 90.5 cm³/mol. The van der Waals surface area contributed by atoms with Gasteiger partial charge < -0.3 is 15.4 Å². The minimum atomic E-state index is -0.827. The van der Waals surface area contributed by atoms with E-state index in [1.807, 2.05) is 0 Å². The van der Waals surface area contributed by atoms with Gasteiger partial charge in [0.15, 0.2) is 17.7 Å². The fourth-order valence-electron chi connectivity index (χ4n) is 2.12. The van der Waals surface area contributed by atoms with E-state index in [0.29, 0.717) is 17.8 Å². The first-order chi connectivity index (χ1) is 11.5. The lowest BCUT2D eigenvalue weighted by atomic mass is 10.2. The zero-order valence-electron chi connectivity index (χ0n) is 13.5. The molecular weight excluding hydrogens is 311 g/mol. The van der Waals surface area contributed by atoms with Crippen LogP contribution in [0.15, 0.2) is 48.5 Å². The first kappa shape index (κ1) is 17.5. The van der Waals surface area contributed by atoms with Crippen LogP contribution in [0.2, 0.25) is 0 Å². The number of para-hydroxylation sites is 1. The highest BCUT2D eigenvalue weighted by Gasteiger charge is 2.20. The first-order valence-electron chi connectivity index (χ1n) is 7.59. The van der Waals surface area contributed by atoms with Crippen LogP contribution in [-0.2, 0) is 9.59 Å². The van der Waals surface area contributed by atoms with Gasteiger partial charge >= 0.3 is 0 Å². The Balaban J connectivity index is 2.07. The number of amides is 2. The molecule has 0 aliphatic heterocycles. The molecule has 0 bridgehead atoms. The SMILES string of the molecule is CC[C@@H](Oc1ccccc1F)C(=O)Nc1cccc(NC(C)=O)c1. The van der Waals surface area contributed by atoms with Gasteiger partial charge in [0.25, 0.3) is 5.91 Å². The van der Waals surface area contributed by atoms with Gasteiger partial charge in [-0.2, -0.15) is 0 Å². The average molecular weight is 330 g/mol. The third-order valence-corrected chi connectivity index (χ3v) is 3.22. The molecule has 0 saturated heterocycles. The smallest absolute Gasteiger partial charge is 0.265 e. The number of hydrogen-bond donors (Lipinski definition) is 2. The van der Waals surface area contributed by atoms with Gasteiger partial charge in [-0.1, -0.05) is 25.1 Å². The van der Waals surface area contributed by atoms with Gasteiger partial charge in [0.1, 0.15) is 0 Å². The molecule has 2 aromatic carbocycles. The van der Waals surface area contributed by atoms with Crippen LogP contribution < -0.4 is 15.4 Å². The Morgan fingerprint density at radius 1 is 1.08 bits per heavy atom. The summed E-state index contributed by atoms with van der Waals surface area (Å²) in [5.41, 5.74) is 1.09. The second-order valence-electron chi connectivity index (χ2n) is 5.20. The van der Waals surface area contributed by atoms with Crippen LogP contribution in [0.3, 0.4) is 0 Å². The number of ether oxygens (including phenoxy) is 1. The summed E-state index contributed by atoms with van der Waals surface area (Å²) in [6.45, 7) is 3.18. The molecule has 2 rings (SSSR count). The number of nitrogens with one attached hydrogen (secondary N) is 2. The van der Waals surface area contributed by atoms with Crippen molar-refractivity contribution in [1.29, 1.82) is 0 Å². The van der Waals surface area contributed by atoms with Crippen molar-refractivity contribution in [2.75, 3.05) is 10.6 Å². The molecule has 0 saturated carbocycles. The molecule has 2 N–H and O–H groups in total. The number of carbonyl (C=O) groups is 2. The number of anilines is 2. The van der Waals surface area contributed by atoms with E-state index in [4.69, 9.17) is 4.74 Å². The summed E-state index contributed by atoms with van der Waals surface area (Å²) in [7, 11) is 0. The van der Waals surface area contributed by atoms with E-state index in [0.717, 1.165) is 0 Å². The second kappa shape index (κ2) is 8.10. The second-order valence-corrected chi connectivity index (χ2v) is 5.20. The predicted octanol–water partition coefficient (Wildman–Crippen LogP) is 3.58. The monoisotopic (exact) mass is 330 g/mol. The third kappa shape index (κ3) is 4.81. The van der Waals surface area contributed by atoms with Crippen LogP contribution in [0.4, 0.5) is 15.8 Å². The molecule has 24 heavy (non-hydrogen) atoms. The summed E-state index contributed by atoms with van der Waals surface area (Å²) in [5.74, 6) is -1.07. The van der Waals surface area contributed by atoms with Crippen LogP contribution in [0.5, 0.6) is 5.75 Å². The Hall–Kier alpha value is -2.89. The molecule has 0 aliphatic rings. The van der Waals surface area contributed by atoms with E-state index in [2.05, 4.69) is 10.6 Å². The molecule has 2 amide bonds. The summed E-state index contributed by atoms with van der Waals surface area (Å²) in [4.78, 5) is 23.4. The lowest BCUT2D eigenvalue weighted by Crippen LogP contribution is -2.32. The maximum atomic E-state index is 13.7. The van der Waals surface area contributed by atoms with E-state index in [1.54, 1.807) is 43.3 Å². The number of halogens is 1. The molecule has 0 spiro atoms. The Kier molecular flexibility index (Phi) is 5.89. The van der Waals surface area contributed by atoms with Crippen LogP contribution in [-0.4, -0.2) is 17.9 Å². The maximum absolute atomic E-state index is 13.7. The van der Waals surface area contributed by atoms with Gasteiger partial charge in [0.2, 0.25) is 5.91 Å². The summed E-state index contributed by atoms with van der Waals surface area (Å²) in [6, 6.07) is 12.7. The Bertz CT molecular complexity index is 734. The van der Waals surface area contributed by atoms with E-state index < -0.39 is 11.9 Å². The lowest BCUT2D eigenvalue weighted by molar-refractivity contribution is -0.123. The molecular formula is C18H19FN2O3. The highest BCUT2D eigenvalue weighted by molar-refractivity contribution is 5.95. The maximum Gasteiger partial charge on any atom is 0.265 e. The van der Waals surface area contributed by atoms with Crippen LogP contribution in [0, 0.1) is 5.82 Å². The minimum absolute atomic E-state index is 0.0338. The molecule has 6 heteroatoms. The number of benzene rings is 2. The molecule has 0 radical (unpaired) electrons. The molecule has 0 unspecified atom stereocenters. The molecule has 126 valence electrons. The molecule has 1 atom stereocenters. The summed E-state index contributed by atoms with van der Waals surface area (Å²) < 4.78 is 19.1. The van der Waals surface area contributed by atoms with E-state index in [9.17, 15) is 14.0 Å². The Labute approximate surface area is 139 Å². The minimum Gasteiger partial charge on any atom is -0.478 e. The third-order valence-electron chi connectivity index (χ3n) is 3.22. The number of hydrogen-bond acceptors (Lipinski definition) is 3. The van der Waals surface area contributed by atoms with Crippen molar-refractivity contribution in [1.82, 2.24) is 0 Å². The summed E-state index contributed by atoms with van der Waals surface area (Å²) in [6.07, 6.45) is -0.447. The van der Waals surface area contributed by atoms with Crippen molar-refractivity contribution in [3.05, 3.63) is 54.3 Å². The zero-order valence-corrected chi connectivity index (χ0v) is 13.5. The normalized spacial score (nSPS) is 11.5. The van der Waals surface area contributed by atoms with Gasteiger partial charge in [-0.05, 0) is 36.8 Å². The van der Waals surface area contributed by atoms with Crippen LogP contribution >= 0.6 is 0 Å². The molecule has 0 aliphatic carbocycles. The average Bonchev–Trinajstić information content (AvgIpc) is 2.53. The zero-order chi connectivity index (χ0) is 17.5. The van der Waals surface area contributed by atoms with Crippen molar-refractivity contribution >= 4 is 23.2 Å². The highest BCUT2D eigenvalue weighted by Crippen LogP contribution is 2.20. The van der Waals surface area contributed by atoms with Crippen LogP contribution in [0.1, 0.15) is 20.3 Å². The fraction of sp³-hybridized carbons (Fsp3) is 0.222. The highest BCUT2D eigenvalue weighted by atomic mass is 19.1. The van der Waals surface area contributed by atoms with E-state index >= 15 is 0 Å². The van der Waals surface area contributed by atoms with Gasteiger partial charge in [-0.15, -0.1) is 0 Å². The van der Waals surface area contributed by atoms with Crippen molar-refractivity contribution in [2.45, 2.75) is 26.4 Å². The quantitative estimate of drug-likeness (QED) is 0.851. The standard InChI is InChI=1S/C18H19FN2O3/c1-3-16(24-17-10-5-4-9-15(17)19)18(23)21-14-8-6-7-13(11-14)20-12(2)22/h4-11,16H,3H2,1-2H3,(H,20,22)(H,21,23)/t16-/m1/s1. The molecule has 0 heterocycles. The molecule has 2 aromatic rings. The Morgan fingerprint density at radius 2 is 1.75 bits per heavy atom. The topological polar surface area (TPSA) is 67.4 Å². The van der Waals surface area contributed by atoms with Crippen molar-refractivity contribution in [3.8, 4) is 5.75 Å². The van der Waals surface area contributed by atoms with E-state index in [1.165, 1.54) is 19.1 Å². The first-order valence-corrected chi connectivity index (χ1v) is 7.59. The lowest BCUT2D eigenvalue weighted by Gasteiger charge is -2.18. The van der Waals surface area contributed by atoms with Gasteiger partial charge in [0, 0.05) is 18.3 Å². The molecule has 0 fully saturated rings. The van der Waals surface area contributed by atoms with Gasteiger partial charge in [-0.25, -0.2) is 4.39 Å². The summed E-state index contributed by atoms with van der Waals surface area (Å²) in [5, 5.41) is 5.35.